The van der Waals surface area contributed by atoms with Crippen molar-refractivity contribution in [1.29, 1.82) is 0 Å². The molecule has 1 aliphatic rings. The van der Waals surface area contributed by atoms with Crippen LogP contribution in [0, 0.1) is 0 Å². The molecule has 0 bridgehead atoms. The third kappa shape index (κ3) is 4.83. The molecule has 0 saturated carbocycles. The Morgan fingerprint density at radius 2 is 2.06 bits per heavy atom. The molecule has 4 rings (SSSR count). The molecule has 1 aliphatic heterocycles. The lowest BCUT2D eigenvalue weighted by molar-refractivity contribution is 0.0246. The van der Waals surface area contributed by atoms with E-state index in [1.165, 1.54) is 24.4 Å². The largest absolute Gasteiger partial charge is 0.389 e. The SMILES string of the molecule is Cn1ncc(NC(O)c2nc(-c3ccccc3C(F)F)sc2N)c1[C@@H]1CC[C@@H](N)[C@H](F)CO1. The van der Waals surface area contributed by atoms with Crippen LogP contribution in [0.5, 0.6) is 0 Å². The molecule has 0 spiro atoms. The van der Waals surface area contributed by atoms with Gasteiger partial charge >= 0.3 is 0 Å². The number of hydrogen-bond donors (Lipinski definition) is 4. The van der Waals surface area contributed by atoms with Gasteiger partial charge in [0.05, 0.1) is 24.2 Å². The predicted molar refractivity (Wildman–Crippen MR) is 120 cm³/mol. The van der Waals surface area contributed by atoms with Crippen molar-refractivity contribution in [2.45, 2.75) is 43.8 Å². The second kappa shape index (κ2) is 9.67. The molecule has 1 saturated heterocycles. The number of nitrogen functional groups attached to an aromatic ring is 1. The molecule has 6 N–H and O–H groups in total. The average molecular weight is 483 g/mol. The summed E-state index contributed by atoms with van der Waals surface area (Å²) in [5, 5.41) is 18.4. The number of rotatable bonds is 6. The van der Waals surface area contributed by atoms with Gasteiger partial charge in [0.2, 0.25) is 0 Å². The quantitative estimate of drug-likeness (QED) is 0.395. The number of nitrogens with two attached hydrogens (primary N) is 2. The zero-order valence-electron chi connectivity index (χ0n) is 17.8. The molecular weight excluding hydrogens is 457 g/mol. The fourth-order valence-corrected chi connectivity index (χ4v) is 4.76. The summed E-state index contributed by atoms with van der Waals surface area (Å²) in [7, 11) is 1.71. The van der Waals surface area contributed by atoms with Gasteiger partial charge in [-0.2, -0.15) is 5.10 Å². The van der Waals surface area contributed by atoms with Crippen LogP contribution in [0.1, 0.15) is 48.6 Å². The van der Waals surface area contributed by atoms with E-state index >= 15 is 0 Å². The fraction of sp³-hybridized carbons (Fsp3) is 0.429. The Morgan fingerprint density at radius 1 is 1.30 bits per heavy atom. The monoisotopic (exact) mass is 482 g/mol. The second-order valence-electron chi connectivity index (χ2n) is 7.85. The van der Waals surface area contributed by atoms with Gasteiger partial charge in [-0.15, -0.1) is 0 Å². The van der Waals surface area contributed by atoms with Gasteiger partial charge in [-0.1, -0.05) is 35.6 Å². The zero-order chi connectivity index (χ0) is 23.7. The molecule has 2 aromatic heterocycles. The Labute approximate surface area is 192 Å². The number of hydrogen-bond acceptors (Lipinski definition) is 8. The summed E-state index contributed by atoms with van der Waals surface area (Å²) in [6.45, 7) is -0.134. The standard InChI is InChI=1S/C21H25F3N6O2S/c1-30-17(15-7-6-13(25)12(22)9-32-15)14(8-27-30)28-20(31)16-19(26)33-21(29-16)11-5-3-2-4-10(11)18(23)24/h2-5,8,12-13,15,18,20,28,31H,6-7,9,25-26H2,1H3/t12-,13-,15+,20?/m1/s1. The smallest absolute Gasteiger partial charge is 0.264 e. The first-order chi connectivity index (χ1) is 15.8. The number of halogens is 3. The lowest BCUT2D eigenvalue weighted by Gasteiger charge is -2.19. The van der Waals surface area contributed by atoms with Crippen LogP contribution in [0.4, 0.5) is 23.9 Å². The molecular formula is C21H25F3N6O2S. The van der Waals surface area contributed by atoms with Crippen LogP contribution in [-0.2, 0) is 11.8 Å². The highest BCUT2D eigenvalue weighted by Gasteiger charge is 2.30. The highest BCUT2D eigenvalue weighted by molar-refractivity contribution is 7.19. The van der Waals surface area contributed by atoms with Gasteiger partial charge in [0.1, 0.15) is 28.0 Å². The highest BCUT2D eigenvalue weighted by Crippen LogP contribution is 2.39. The number of ether oxygens (including phenoxy) is 1. The van der Waals surface area contributed by atoms with E-state index in [1.807, 2.05) is 0 Å². The number of anilines is 2. The summed E-state index contributed by atoms with van der Waals surface area (Å²) in [6.07, 6.45) is -3.31. The van der Waals surface area contributed by atoms with E-state index in [1.54, 1.807) is 17.8 Å². The first-order valence-electron chi connectivity index (χ1n) is 10.4. The van der Waals surface area contributed by atoms with Crippen molar-refractivity contribution in [2.75, 3.05) is 17.7 Å². The van der Waals surface area contributed by atoms with E-state index < -0.39 is 31.0 Å². The second-order valence-corrected chi connectivity index (χ2v) is 8.88. The third-order valence-electron chi connectivity index (χ3n) is 5.63. The van der Waals surface area contributed by atoms with Gasteiger partial charge in [-0.05, 0) is 12.8 Å². The predicted octanol–water partition coefficient (Wildman–Crippen LogP) is 3.68. The summed E-state index contributed by atoms with van der Waals surface area (Å²) < 4.78 is 48.0. The minimum atomic E-state index is -2.67. The topological polar surface area (TPSA) is 124 Å². The Balaban J connectivity index is 1.58. The summed E-state index contributed by atoms with van der Waals surface area (Å²) in [5.41, 5.74) is 13.2. The minimum absolute atomic E-state index is 0.113. The zero-order valence-corrected chi connectivity index (χ0v) is 18.6. The molecule has 178 valence electrons. The lowest BCUT2D eigenvalue weighted by Crippen LogP contribution is -2.32. The maximum Gasteiger partial charge on any atom is 0.264 e. The Kier molecular flexibility index (Phi) is 6.88. The molecule has 4 atom stereocenters. The summed E-state index contributed by atoms with van der Waals surface area (Å²) in [5.74, 6) is 0. The summed E-state index contributed by atoms with van der Waals surface area (Å²) >= 11 is 1.01. The molecule has 0 aliphatic carbocycles. The number of nitrogens with zero attached hydrogens (tertiary/aromatic N) is 3. The molecule has 1 aromatic carbocycles. The van der Waals surface area contributed by atoms with Crippen molar-refractivity contribution in [3.63, 3.8) is 0 Å². The molecule has 0 amide bonds. The number of aromatic nitrogens is 3. The van der Waals surface area contributed by atoms with Crippen molar-refractivity contribution in [3.05, 3.63) is 47.4 Å². The van der Waals surface area contributed by atoms with Gasteiger partial charge in [-0.25, -0.2) is 18.2 Å². The summed E-state index contributed by atoms with van der Waals surface area (Å²) in [6, 6.07) is 5.42. The number of alkyl halides is 3. The van der Waals surface area contributed by atoms with Gasteiger partial charge in [0.15, 0.2) is 6.23 Å². The Morgan fingerprint density at radius 3 is 2.82 bits per heavy atom. The van der Waals surface area contributed by atoms with E-state index in [9.17, 15) is 18.3 Å². The fourth-order valence-electron chi connectivity index (χ4n) is 3.85. The van der Waals surface area contributed by atoms with Crippen molar-refractivity contribution in [2.24, 2.45) is 12.8 Å². The van der Waals surface area contributed by atoms with Crippen LogP contribution in [0.15, 0.2) is 30.5 Å². The molecule has 0 radical (unpaired) electrons. The van der Waals surface area contributed by atoms with Gasteiger partial charge in [0.25, 0.3) is 6.43 Å². The molecule has 1 unspecified atom stereocenters. The number of aliphatic hydroxyl groups is 1. The van der Waals surface area contributed by atoms with Crippen LogP contribution in [-0.4, -0.2) is 38.7 Å². The summed E-state index contributed by atoms with van der Waals surface area (Å²) in [4.78, 5) is 4.33. The average Bonchev–Trinajstić information content (AvgIpc) is 3.30. The maximum absolute atomic E-state index is 14.0. The van der Waals surface area contributed by atoms with Crippen molar-refractivity contribution < 1.29 is 23.0 Å². The van der Waals surface area contributed by atoms with Crippen LogP contribution >= 0.6 is 11.3 Å². The van der Waals surface area contributed by atoms with E-state index in [0.717, 1.165) is 11.3 Å². The highest BCUT2D eigenvalue weighted by atomic mass is 32.1. The van der Waals surface area contributed by atoms with Gasteiger partial charge in [-0.3, -0.25) is 4.68 Å². The molecule has 33 heavy (non-hydrogen) atoms. The number of aryl methyl sites for hydroxylation is 1. The maximum atomic E-state index is 14.0. The first-order valence-corrected chi connectivity index (χ1v) is 11.2. The van der Waals surface area contributed by atoms with Gasteiger partial charge < -0.3 is 26.6 Å². The number of thiazole rings is 1. The number of nitrogens with one attached hydrogen (secondary N) is 1. The van der Waals surface area contributed by atoms with Crippen LogP contribution < -0.4 is 16.8 Å². The lowest BCUT2D eigenvalue weighted by atomic mass is 10.0. The number of benzene rings is 1. The van der Waals surface area contributed by atoms with Crippen molar-refractivity contribution >= 4 is 22.0 Å². The molecule has 3 heterocycles. The van der Waals surface area contributed by atoms with Crippen LogP contribution in [0.2, 0.25) is 0 Å². The molecule has 3 aromatic rings. The van der Waals surface area contributed by atoms with Crippen molar-refractivity contribution in [1.82, 2.24) is 14.8 Å². The van der Waals surface area contributed by atoms with Gasteiger partial charge in [0, 0.05) is 24.2 Å². The van der Waals surface area contributed by atoms with Crippen molar-refractivity contribution in [3.8, 4) is 10.6 Å². The first kappa shape index (κ1) is 23.5. The Bertz CT molecular complexity index is 1100. The number of aliphatic hydroxyl groups excluding tert-OH is 1. The molecule has 12 heteroatoms. The third-order valence-corrected chi connectivity index (χ3v) is 6.57. The van der Waals surface area contributed by atoms with E-state index in [-0.39, 0.29) is 33.4 Å². The minimum Gasteiger partial charge on any atom is -0.389 e. The molecule has 8 nitrogen and oxygen atoms in total. The molecule has 1 fully saturated rings. The van der Waals surface area contributed by atoms with E-state index in [0.29, 0.717) is 24.2 Å². The van der Waals surface area contributed by atoms with E-state index in [4.69, 9.17) is 16.2 Å². The Hall–Kier alpha value is -2.67. The van der Waals surface area contributed by atoms with Crippen LogP contribution in [0.25, 0.3) is 10.6 Å². The van der Waals surface area contributed by atoms with Crippen LogP contribution in [0.3, 0.4) is 0 Å². The van der Waals surface area contributed by atoms with E-state index in [2.05, 4.69) is 15.4 Å². The normalized spacial score (nSPS) is 22.3.